The van der Waals surface area contributed by atoms with E-state index in [2.05, 4.69) is 15.7 Å². The molecule has 1 saturated carbocycles. The molecule has 50 heavy (non-hydrogen) atoms. The summed E-state index contributed by atoms with van der Waals surface area (Å²) in [5, 5.41) is 13.8. The number of alkyl halides is 3. The first-order valence-electron chi connectivity index (χ1n) is 15.4. The topological polar surface area (TPSA) is 147 Å². The Hall–Kier alpha value is -4.82. The van der Waals surface area contributed by atoms with Crippen LogP contribution in [0.1, 0.15) is 35.4 Å². The third-order valence-electron chi connectivity index (χ3n) is 10.2. The first kappa shape index (κ1) is 33.7. The Morgan fingerprint density at radius 3 is 2.26 bits per heavy atom. The third kappa shape index (κ3) is 4.90. The Labute approximate surface area is 292 Å². The summed E-state index contributed by atoms with van der Waals surface area (Å²) in [6, 6.07) is 9.96. The van der Waals surface area contributed by atoms with Gasteiger partial charge in [-0.25, -0.2) is 4.98 Å². The molecule has 3 N–H and O–H groups in total. The Morgan fingerprint density at radius 1 is 1.00 bits per heavy atom. The van der Waals surface area contributed by atoms with E-state index in [1.54, 1.807) is 24.3 Å². The number of carbonyl (C=O) groups excluding carboxylic acids is 4. The minimum atomic E-state index is -4.75. The van der Waals surface area contributed by atoms with Crippen molar-refractivity contribution in [2.75, 3.05) is 19.6 Å². The fourth-order valence-electron chi connectivity index (χ4n) is 8.15. The van der Waals surface area contributed by atoms with E-state index in [1.165, 1.54) is 26.4 Å². The number of hydrazine groups is 1. The van der Waals surface area contributed by atoms with Crippen LogP contribution in [0.4, 0.5) is 19.0 Å². The van der Waals surface area contributed by atoms with Crippen LogP contribution in [0.3, 0.4) is 0 Å². The lowest BCUT2D eigenvalue weighted by atomic mass is 9.49. The van der Waals surface area contributed by atoms with Gasteiger partial charge in [0.15, 0.2) is 17.3 Å². The predicted molar refractivity (Wildman–Crippen MR) is 171 cm³/mol. The fourth-order valence-corrected chi connectivity index (χ4v) is 8.48. The van der Waals surface area contributed by atoms with E-state index in [1.807, 2.05) is 6.08 Å². The summed E-state index contributed by atoms with van der Waals surface area (Å²) >= 11 is 12.5. The smallest absolute Gasteiger partial charge is 0.417 e. The van der Waals surface area contributed by atoms with Crippen LogP contribution in [0.5, 0.6) is 17.2 Å². The number of phenolic OH excluding ortho intramolecular Hbond substituents is 1. The molecule has 3 fully saturated rings. The van der Waals surface area contributed by atoms with Crippen LogP contribution < -0.4 is 20.2 Å². The molecule has 3 aromatic rings. The number of ether oxygens (including phenoxy) is 2. The monoisotopic (exact) mass is 730 g/mol. The number of hydrogen-bond donors (Lipinski definition) is 3. The molecule has 2 aliphatic carbocycles. The third-order valence-corrected chi connectivity index (χ3v) is 10.8. The number of rotatable bonds is 6. The highest BCUT2D eigenvalue weighted by Gasteiger charge is 2.70. The molecule has 2 saturated heterocycles. The number of methoxy groups -OCH3 is 2. The standard InChI is InChI=1S/C34H27Cl2F3N4O7/c1-49-23-9-14(10-24(50-2)27(23)44)26-18-7-8-19-25(30(46)41-29(19)45)20(18)12-21-31(47)43(32(48)33(21,26)15-3-5-17(35)6-4-15)42-28-22(36)11-16(13-40-28)34(37,38)39/h3-7,9-11,13,19-21,25-26,44H,8,12H2,1-2H3,(H,40,42)(H,41,45,46)/t19-,20+,21-,25-,26-,33+/m0/s1. The molecule has 11 nitrogen and oxygen atoms in total. The molecule has 4 aliphatic rings. The molecule has 0 bridgehead atoms. The molecule has 0 radical (unpaired) electrons. The molecule has 0 unspecified atom stereocenters. The Morgan fingerprint density at radius 2 is 1.66 bits per heavy atom. The summed E-state index contributed by atoms with van der Waals surface area (Å²) in [5.74, 6) is -7.65. The van der Waals surface area contributed by atoms with Crippen molar-refractivity contribution in [1.82, 2.24) is 15.3 Å². The van der Waals surface area contributed by atoms with Gasteiger partial charge in [-0.15, -0.1) is 0 Å². The van der Waals surface area contributed by atoms with Gasteiger partial charge in [0.2, 0.25) is 17.6 Å². The summed E-state index contributed by atoms with van der Waals surface area (Å²) in [4.78, 5) is 59.7. The summed E-state index contributed by atoms with van der Waals surface area (Å²) < 4.78 is 51.1. The van der Waals surface area contributed by atoms with Crippen LogP contribution in [0.25, 0.3) is 0 Å². The number of amides is 4. The van der Waals surface area contributed by atoms with Crippen molar-refractivity contribution < 1.29 is 46.9 Å². The summed E-state index contributed by atoms with van der Waals surface area (Å²) in [7, 11) is 2.66. The number of nitrogens with zero attached hydrogens (tertiary/aromatic N) is 2. The van der Waals surface area contributed by atoms with Crippen molar-refractivity contribution in [3.8, 4) is 17.2 Å². The molecule has 2 aliphatic heterocycles. The van der Waals surface area contributed by atoms with Gasteiger partial charge in [0.1, 0.15) is 0 Å². The zero-order chi connectivity index (χ0) is 35.9. The number of phenols is 1. The van der Waals surface area contributed by atoms with Crippen LogP contribution in [-0.2, 0) is 30.8 Å². The number of hydrogen-bond acceptors (Lipinski definition) is 9. The summed E-state index contributed by atoms with van der Waals surface area (Å²) in [6.07, 6.45) is -2.29. The molecule has 260 valence electrons. The number of aromatic nitrogens is 1. The molecule has 4 amide bonds. The van der Waals surface area contributed by atoms with Crippen molar-refractivity contribution in [2.45, 2.75) is 30.4 Å². The van der Waals surface area contributed by atoms with Gasteiger partial charge < -0.3 is 14.6 Å². The van der Waals surface area contributed by atoms with Crippen LogP contribution in [0.2, 0.25) is 10.0 Å². The lowest BCUT2D eigenvalue weighted by Crippen LogP contribution is -2.53. The van der Waals surface area contributed by atoms with E-state index in [4.69, 9.17) is 32.7 Å². The molecule has 7 rings (SSSR count). The highest BCUT2D eigenvalue weighted by atomic mass is 35.5. The molecule has 6 atom stereocenters. The molecular formula is C34H27Cl2F3N4O7. The predicted octanol–water partition coefficient (Wildman–Crippen LogP) is 5.40. The first-order valence-corrected chi connectivity index (χ1v) is 16.1. The average Bonchev–Trinajstić information content (AvgIpc) is 3.49. The van der Waals surface area contributed by atoms with Gasteiger partial charge in [0.05, 0.1) is 48.0 Å². The minimum absolute atomic E-state index is 0.000146. The number of pyridine rings is 1. The van der Waals surface area contributed by atoms with Crippen molar-refractivity contribution in [1.29, 1.82) is 0 Å². The largest absolute Gasteiger partial charge is 0.502 e. The van der Waals surface area contributed by atoms with Crippen molar-refractivity contribution in [3.05, 3.63) is 87.0 Å². The second kappa shape index (κ2) is 11.9. The van der Waals surface area contributed by atoms with E-state index in [0.717, 1.165) is 0 Å². The van der Waals surface area contributed by atoms with Gasteiger partial charge in [-0.2, -0.15) is 18.2 Å². The van der Waals surface area contributed by atoms with Gasteiger partial charge in [0, 0.05) is 17.1 Å². The van der Waals surface area contributed by atoms with Crippen LogP contribution in [0, 0.1) is 23.7 Å². The molecular weight excluding hydrogens is 704 g/mol. The zero-order valence-corrected chi connectivity index (χ0v) is 27.7. The summed E-state index contributed by atoms with van der Waals surface area (Å²) in [6.45, 7) is 0. The molecule has 3 heterocycles. The number of imide groups is 2. The number of benzene rings is 2. The first-order chi connectivity index (χ1) is 23.7. The lowest BCUT2D eigenvalue weighted by molar-refractivity contribution is -0.139. The van der Waals surface area contributed by atoms with Gasteiger partial charge in [-0.3, -0.25) is 29.9 Å². The zero-order valence-electron chi connectivity index (χ0n) is 26.2. The highest BCUT2D eigenvalue weighted by Crippen LogP contribution is 2.64. The van der Waals surface area contributed by atoms with Gasteiger partial charge in [0.25, 0.3) is 11.8 Å². The lowest BCUT2D eigenvalue weighted by Gasteiger charge is -2.50. The maximum absolute atomic E-state index is 15.2. The number of halogens is 5. The van der Waals surface area contributed by atoms with Crippen LogP contribution in [0.15, 0.2) is 60.3 Å². The second-order valence-corrected chi connectivity index (χ2v) is 13.4. The Bertz CT molecular complexity index is 1980. The van der Waals surface area contributed by atoms with E-state index >= 15 is 4.79 Å². The van der Waals surface area contributed by atoms with Crippen LogP contribution >= 0.6 is 23.2 Å². The summed E-state index contributed by atoms with van der Waals surface area (Å²) in [5.41, 5.74) is 1.02. The Balaban J connectivity index is 1.47. The number of allylic oxidation sites excluding steroid dienone is 2. The quantitative estimate of drug-likeness (QED) is 0.224. The number of carbonyl (C=O) groups is 4. The normalized spacial score (nSPS) is 27.3. The van der Waals surface area contributed by atoms with Gasteiger partial charge in [-0.05, 0) is 60.2 Å². The van der Waals surface area contributed by atoms with Gasteiger partial charge >= 0.3 is 6.18 Å². The number of anilines is 1. The van der Waals surface area contributed by atoms with E-state index in [-0.39, 0.29) is 35.9 Å². The van der Waals surface area contributed by atoms with E-state index < -0.39 is 75.4 Å². The van der Waals surface area contributed by atoms with Crippen molar-refractivity contribution in [2.24, 2.45) is 23.7 Å². The Kier molecular flexibility index (Phi) is 8.02. The maximum Gasteiger partial charge on any atom is 0.417 e. The highest BCUT2D eigenvalue weighted by molar-refractivity contribution is 6.33. The molecule has 0 spiro atoms. The number of fused-ring (bicyclic) bond motifs is 4. The SMILES string of the molecule is COc1cc([C@H]2C3=CC[C@@H]4C(=O)NC(=O)[C@@H]4[C@@H]3C[C@H]3C(=O)N(Nc4ncc(C(F)(F)F)cc4Cl)C(=O)[C@@]23c2ccc(Cl)cc2)cc(OC)c1O. The minimum Gasteiger partial charge on any atom is -0.502 e. The maximum atomic E-state index is 15.2. The van der Waals surface area contributed by atoms with Crippen molar-refractivity contribution >= 4 is 52.6 Å². The van der Waals surface area contributed by atoms with E-state index in [0.29, 0.717) is 39.0 Å². The molecule has 1 aromatic heterocycles. The molecule has 2 aromatic carbocycles. The van der Waals surface area contributed by atoms with Gasteiger partial charge in [-0.1, -0.05) is 47.0 Å². The molecule has 16 heteroatoms. The van der Waals surface area contributed by atoms with E-state index in [9.17, 15) is 32.7 Å². The van der Waals surface area contributed by atoms with Crippen molar-refractivity contribution in [3.63, 3.8) is 0 Å². The fraction of sp³-hybridized carbons (Fsp3) is 0.324. The number of nitrogens with one attached hydrogen (secondary N) is 2. The van der Waals surface area contributed by atoms with Crippen LogP contribution in [-0.4, -0.2) is 52.9 Å². The second-order valence-electron chi connectivity index (χ2n) is 12.5. The number of aromatic hydroxyl groups is 1. The average molecular weight is 732 g/mol.